The van der Waals surface area contributed by atoms with Gasteiger partial charge in [0.2, 0.25) is 0 Å². The van der Waals surface area contributed by atoms with Gasteiger partial charge in [-0.25, -0.2) is 0 Å². The fourth-order valence-corrected chi connectivity index (χ4v) is 1.03. The van der Waals surface area contributed by atoms with Gasteiger partial charge >= 0.3 is 29.6 Å². The van der Waals surface area contributed by atoms with Crippen LogP contribution in [-0.4, -0.2) is 36.3 Å². The minimum Gasteiger partial charge on any atom is -0.852 e. The summed E-state index contributed by atoms with van der Waals surface area (Å²) in [5.74, 6) is 0. The number of nitrogens with one attached hydrogen (secondary N) is 1. The van der Waals surface area contributed by atoms with Gasteiger partial charge in [0.25, 0.3) is 0 Å². The van der Waals surface area contributed by atoms with Crippen molar-refractivity contribution in [3.8, 4) is 0 Å². The van der Waals surface area contributed by atoms with Crippen molar-refractivity contribution in [3.63, 3.8) is 0 Å². The first-order chi connectivity index (χ1) is 4.30. The maximum Gasteiger partial charge on any atom is 1.00 e. The summed E-state index contributed by atoms with van der Waals surface area (Å²) in [5, 5.41) is 13.4. The molecular formula is C5H9N2NaOS. The molecule has 0 bridgehead atoms. The van der Waals surface area contributed by atoms with Crippen LogP contribution in [0.5, 0.6) is 0 Å². The molecule has 10 heavy (non-hydrogen) atoms. The molecular weight excluding hydrogens is 159 g/mol. The quantitative estimate of drug-likeness (QED) is 0.292. The SMILES string of the molecule is [Na+].[O-]C(=S)N1CCNCC1. The fourth-order valence-electron chi connectivity index (χ4n) is 0.847. The second-order valence-corrected chi connectivity index (χ2v) is 2.35. The topological polar surface area (TPSA) is 38.3 Å². The van der Waals surface area contributed by atoms with E-state index < -0.39 is 0 Å². The molecule has 0 aliphatic carbocycles. The van der Waals surface area contributed by atoms with Gasteiger partial charge in [0, 0.05) is 31.4 Å². The van der Waals surface area contributed by atoms with E-state index in [-0.39, 0.29) is 34.7 Å². The molecule has 0 aromatic heterocycles. The van der Waals surface area contributed by atoms with E-state index >= 15 is 0 Å². The van der Waals surface area contributed by atoms with Gasteiger partial charge in [-0.3, -0.25) is 0 Å². The molecule has 0 unspecified atom stereocenters. The van der Waals surface area contributed by atoms with Crippen LogP contribution < -0.4 is 40.0 Å². The van der Waals surface area contributed by atoms with E-state index in [1.54, 1.807) is 4.90 Å². The maximum absolute atomic E-state index is 10.5. The van der Waals surface area contributed by atoms with Crippen LogP contribution in [0.15, 0.2) is 0 Å². The minimum atomic E-state index is -0.225. The first-order valence-corrected chi connectivity index (χ1v) is 3.38. The molecule has 0 aromatic carbocycles. The summed E-state index contributed by atoms with van der Waals surface area (Å²) in [6.45, 7) is 3.29. The summed E-state index contributed by atoms with van der Waals surface area (Å²) in [7, 11) is 0. The summed E-state index contributed by atoms with van der Waals surface area (Å²) in [4.78, 5) is 1.67. The monoisotopic (exact) mass is 168 g/mol. The van der Waals surface area contributed by atoms with Gasteiger partial charge in [0.1, 0.15) is 0 Å². The second-order valence-electron chi connectivity index (χ2n) is 2.00. The van der Waals surface area contributed by atoms with Crippen molar-refractivity contribution in [1.29, 1.82) is 0 Å². The average Bonchev–Trinajstić information content (AvgIpc) is 1.90. The standard InChI is InChI=1S/C5H10N2OS.Na/c8-5(9)7-3-1-6-2-4-7;/h6H,1-4H2,(H,8,9);/q;+1/p-1. The van der Waals surface area contributed by atoms with Crippen molar-refractivity contribution in [2.45, 2.75) is 0 Å². The van der Waals surface area contributed by atoms with E-state index in [2.05, 4.69) is 17.5 Å². The Morgan fingerprint density at radius 1 is 1.40 bits per heavy atom. The number of nitrogens with zero attached hydrogens (tertiary/aromatic N) is 1. The van der Waals surface area contributed by atoms with Crippen molar-refractivity contribution in [1.82, 2.24) is 10.2 Å². The molecule has 3 nitrogen and oxygen atoms in total. The Labute approximate surface area is 88.1 Å². The second kappa shape index (κ2) is 5.32. The number of rotatable bonds is 0. The zero-order valence-electron chi connectivity index (χ0n) is 6.09. The molecule has 0 amide bonds. The third-order valence-corrected chi connectivity index (χ3v) is 1.63. The van der Waals surface area contributed by atoms with Crippen LogP contribution in [0.3, 0.4) is 0 Å². The Bertz CT molecular complexity index is 116. The predicted molar refractivity (Wildman–Crippen MR) is 37.0 cm³/mol. The van der Waals surface area contributed by atoms with E-state index in [1.807, 2.05) is 0 Å². The Balaban J connectivity index is 0.000000810. The smallest absolute Gasteiger partial charge is 0.852 e. The van der Waals surface area contributed by atoms with Crippen molar-refractivity contribution in [2.24, 2.45) is 0 Å². The predicted octanol–water partition coefficient (Wildman–Crippen LogP) is -4.46. The molecule has 1 saturated heterocycles. The summed E-state index contributed by atoms with van der Waals surface area (Å²) in [6.07, 6.45) is 0. The van der Waals surface area contributed by atoms with Gasteiger partial charge in [0.05, 0.1) is 0 Å². The zero-order valence-corrected chi connectivity index (χ0v) is 8.91. The molecule has 0 radical (unpaired) electrons. The van der Waals surface area contributed by atoms with Crippen molar-refractivity contribution in [2.75, 3.05) is 26.2 Å². The molecule has 1 aliphatic heterocycles. The number of thiocarbonyl (C=S) groups is 1. The van der Waals surface area contributed by atoms with E-state index in [0.717, 1.165) is 26.2 Å². The van der Waals surface area contributed by atoms with Crippen molar-refractivity contribution < 1.29 is 34.7 Å². The van der Waals surface area contributed by atoms with Crippen LogP contribution in [-0.2, 0) is 0 Å². The van der Waals surface area contributed by atoms with E-state index in [9.17, 15) is 5.11 Å². The van der Waals surface area contributed by atoms with E-state index in [1.165, 1.54) is 0 Å². The van der Waals surface area contributed by atoms with E-state index in [4.69, 9.17) is 0 Å². The molecule has 1 heterocycles. The molecule has 0 spiro atoms. The van der Waals surface area contributed by atoms with Crippen molar-refractivity contribution in [3.05, 3.63) is 0 Å². The molecule has 0 saturated carbocycles. The van der Waals surface area contributed by atoms with Gasteiger partial charge in [0.15, 0.2) is 0 Å². The summed E-state index contributed by atoms with van der Waals surface area (Å²) < 4.78 is 0. The van der Waals surface area contributed by atoms with Gasteiger partial charge in [-0.1, -0.05) is 12.2 Å². The van der Waals surface area contributed by atoms with Crippen LogP contribution >= 0.6 is 12.2 Å². The summed E-state index contributed by atoms with van der Waals surface area (Å²) in [6, 6.07) is 0. The Morgan fingerprint density at radius 3 is 2.20 bits per heavy atom. The Kier molecular flexibility index (Phi) is 5.67. The van der Waals surface area contributed by atoms with Crippen LogP contribution in [0.2, 0.25) is 0 Å². The first-order valence-electron chi connectivity index (χ1n) is 2.97. The summed E-state index contributed by atoms with van der Waals surface area (Å²) >= 11 is 4.46. The fraction of sp³-hybridized carbons (Fsp3) is 0.800. The average molecular weight is 168 g/mol. The minimum absolute atomic E-state index is 0. The normalized spacial score (nSPS) is 17.8. The van der Waals surface area contributed by atoms with Gasteiger partial charge in [-0.05, 0) is 0 Å². The Morgan fingerprint density at radius 2 is 1.90 bits per heavy atom. The molecule has 1 N–H and O–H groups in total. The number of hydrogen-bond acceptors (Lipinski definition) is 3. The van der Waals surface area contributed by atoms with Gasteiger partial charge in [-0.2, -0.15) is 0 Å². The summed E-state index contributed by atoms with van der Waals surface area (Å²) in [5.41, 5.74) is 0. The molecule has 5 heteroatoms. The van der Waals surface area contributed by atoms with Crippen LogP contribution in [0.1, 0.15) is 0 Å². The van der Waals surface area contributed by atoms with Crippen LogP contribution in [0.4, 0.5) is 0 Å². The molecule has 1 aliphatic rings. The Hall–Kier alpha value is 0.650. The molecule has 0 aromatic rings. The molecule has 52 valence electrons. The third kappa shape index (κ3) is 3.16. The third-order valence-electron chi connectivity index (χ3n) is 1.38. The van der Waals surface area contributed by atoms with Gasteiger partial charge in [-0.15, -0.1) is 0 Å². The van der Waals surface area contributed by atoms with Gasteiger partial charge < -0.3 is 15.3 Å². The van der Waals surface area contributed by atoms with Crippen molar-refractivity contribution >= 4 is 17.4 Å². The van der Waals surface area contributed by atoms with E-state index in [0.29, 0.717) is 0 Å². The zero-order chi connectivity index (χ0) is 6.69. The largest absolute Gasteiger partial charge is 1.00 e. The molecule has 0 atom stereocenters. The van der Waals surface area contributed by atoms with Crippen LogP contribution in [0.25, 0.3) is 0 Å². The number of hydrogen-bond donors (Lipinski definition) is 1. The molecule has 1 fully saturated rings. The molecule has 1 rings (SSSR count). The maximum atomic E-state index is 10.5. The number of piperazine rings is 1. The van der Waals surface area contributed by atoms with Crippen LogP contribution in [0, 0.1) is 0 Å². The first kappa shape index (κ1) is 10.7.